The Labute approximate surface area is 78.9 Å². The minimum atomic E-state index is 0.502. The van der Waals surface area contributed by atoms with Crippen LogP contribution in [0.15, 0.2) is 18.2 Å². The minimum Gasteiger partial charge on any atom is -0.478 e. The van der Waals surface area contributed by atoms with Crippen molar-refractivity contribution in [2.45, 2.75) is 20.3 Å². The molecule has 3 nitrogen and oxygen atoms in total. The fourth-order valence-corrected chi connectivity index (χ4v) is 0.910. The van der Waals surface area contributed by atoms with Gasteiger partial charge in [-0.3, -0.25) is 0 Å². The Hall–Kier alpha value is -1.25. The number of ether oxygens (including phenoxy) is 1. The van der Waals surface area contributed by atoms with Gasteiger partial charge in [-0.2, -0.15) is 4.98 Å². The highest BCUT2D eigenvalue weighted by Gasteiger charge is 1.97. The SMILES string of the molecule is CC(C)CCOc1cccc(N)n1. The maximum atomic E-state index is 5.50. The van der Waals surface area contributed by atoms with Crippen molar-refractivity contribution in [3.63, 3.8) is 0 Å². The maximum Gasteiger partial charge on any atom is 0.215 e. The van der Waals surface area contributed by atoms with E-state index in [0.717, 1.165) is 6.42 Å². The summed E-state index contributed by atoms with van der Waals surface area (Å²) >= 11 is 0. The summed E-state index contributed by atoms with van der Waals surface area (Å²) in [6, 6.07) is 5.40. The van der Waals surface area contributed by atoms with Gasteiger partial charge >= 0.3 is 0 Å². The van der Waals surface area contributed by atoms with Crippen molar-refractivity contribution >= 4 is 5.82 Å². The van der Waals surface area contributed by atoms with E-state index in [-0.39, 0.29) is 0 Å². The van der Waals surface area contributed by atoms with Gasteiger partial charge in [-0.1, -0.05) is 19.9 Å². The van der Waals surface area contributed by atoms with Crippen LogP contribution >= 0.6 is 0 Å². The van der Waals surface area contributed by atoms with Crippen molar-refractivity contribution in [1.82, 2.24) is 4.98 Å². The van der Waals surface area contributed by atoms with Gasteiger partial charge in [0.15, 0.2) is 0 Å². The predicted molar refractivity (Wildman–Crippen MR) is 53.6 cm³/mol. The lowest BCUT2D eigenvalue weighted by molar-refractivity contribution is 0.280. The maximum absolute atomic E-state index is 5.50. The largest absolute Gasteiger partial charge is 0.478 e. The summed E-state index contributed by atoms with van der Waals surface area (Å²) in [5, 5.41) is 0. The fourth-order valence-electron chi connectivity index (χ4n) is 0.910. The van der Waals surface area contributed by atoms with Gasteiger partial charge < -0.3 is 10.5 Å². The average Bonchev–Trinajstić information content (AvgIpc) is 2.03. The zero-order valence-corrected chi connectivity index (χ0v) is 8.16. The normalized spacial score (nSPS) is 10.4. The zero-order chi connectivity index (χ0) is 9.68. The molecule has 3 heteroatoms. The number of pyridine rings is 1. The fraction of sp³-hybridized carbons (Fsp3) is 0.500. The summed E-state index contributed by atoms with van der Waals surface area (Å²) in [6.07, 6.45) is 1.04. The molecular weight excluding hydrogens is 164 g/mol. The van der Waals surface area contributed by atoms with Crippen LogP contribution in [0.2, 0.25) is 0 Å². The molecule has 1 heterocycles. The molecule has 1 aromatic rings. The van der Waals surface area contributed by atoms with E-state index in [1.54, 1.807) is 6.07 Å². The van der Waals surface area contributed by atoms with Crippen LogP contribution in [0.3, 0.4) is 0 Å². The summed E-state index contributed by atoms with van der Waals surface area (Å²) in [5.41, 5.74) is 5.50. The standard InChI is InChI=1S/C10H16N2O/c1-8(2)6-7-13-10-5-3-4-9(11)12-10/h3-5,8H,6-7H2,1-2H3,(H2,11,12). The molecule has 0 saturated carbocycles. The molecule has 0 aliphatic heterocycles. The summed E-state index contributed by atoms with van der Waals surface area (Å²) in [6.45, 7) is 5.03. The highest BCUT2D eigenvalue weighted by molar-refractivity contribution is 5.30. The van der Waals surface area contributed by atoms with Crippen molar-refractivity contribution in [2.75, 3.05) is 12.3 Å². The van der Waals surface area contributed by atoms with E-state index in [1.165, 1.54) is 0 Å². The summed E-state index contributed by atoms with van der Waals surface area (Å²) in [4.78, 5) is 4.03. The first-order valence-electron chi connectivity index (χ1n) is 4.54. The molecule has 0 saturated heterocycles. The van der Waals surface area contributed by atoms with Crippen LogP contribution in [-0.4, -0.2) is 11.6 Å². The van der Waals surface area contributed by atoms with Crippen LogP contribution in [0.4, 0.5) is 5.82 Å². The Bertz CT molecular complexity index is 261. The Morgan fingerprint density at radius 2 is 2.23 bits per heavy atom. The van der Waals surface area contributed by atoms with Crippen LogP contribution in [0, 0.1) is 5.92 Å². The molecule has 72 valence electrons. The van der Waals surface area contributed by atoms with Crippen molar-refractivity contribution < 1.29 is 4.74 Å². The number of aromatic nitrogens is 1. The molecule has 0 unspecified atom stereocenters. The lowest BCUT2D eigenvalue weighted by Gasteiger charge is -2.06. The van der Waals surface area contributed by atoms with E-state index in [0.29, 0.717) is 24.2 Å². The van der Waals surface area contributed by atoms with E-state index in [4.69, 9.17) is 10.5 Å². The van der Waals surface area contributed by atoms with Gasteiger partial charge in [0.2, 0.25) is 5.88 Å². The average molecular weight is 180 g/mol. The third-order valence-electron chi connectivity index (χ3n) is 1.69. The van der Waals surface area contributed by atoms with E-state index < -0.39 is 0 Å². The molecule has 0 aromatic carbocycles. The third-order valence-corrected chi connectivity index (χ3v) is 1.69. The van der Waals surface area contributed by atoms with Crippen LogP contribution in [-0.2, 0) is 0 Å². The predicted octanol–water partition coefficient (Wildman–Crippen LogP) is 2.09. The number of rotatable bonds is 4. The van der Waals surface area contributed by atoms with E-state index in [9.17, 15) is 0 Å². The number of hydrogen-bond donors (Lipinski definition) is 1. The summed E-state index contributed by atoms with van der Waals surface area (Å²) in [7, 11) is 0. The van der Waals surface area contributed by atoms with Gasteiger partial charge in [0.25, 0.3) is 0 Å². The second-order valence-electron chi connectivity index (χ2n) is 3.43. The van der Waals surface area contributed by atoms with E-state index in [2.05, 4.69) is 18.8 Å². The van der Waals surface area contributed by atoms with Gasteiger partial charge in [-0.25, -0.2) is 0 Å². The second-order valence-corrected chi connectivity index (χ2v) is 3.43. The Kier molecular flexibility index (Phi) is 3.55. The van der Waals surface area contributed by atoms with Crippen LogP contribution in [0.25, 0.3) is 0 Å². The molecule has 0 aliphatic carbocycles. The van der Waals surface area contributed by atoms with Crippen LogP contribution < -0.4 is 10.5 Å². The molecule has 0 aliphatic rings. The Morgan fingerprint density at radius 3 is 2.85 bits per heavy atom. The zero-order valence-electron chi connectivity index (χ0n) is 8.16. The summed E-state index contributed by atoms with van der Waals surface area (Å²) < 4.78 is 5.41. The third kappa shape index (κ3) is 3.78. The number of anilines is 1. The van der Waals surface area contributed by atoms with Crippen molar-refractivity contribution in [3.8, 4) is 5.88 Å². The minimum absolute atomic E-state index is 0.502. The van der Waals surface area contributed by atoms with Gasteiger partial charge in [-0.05, 0) is 18.4 Å². The monoisotopic (exact) mass is 180 g/mol. The molecular formula is C10H16N2O. The van der Waals surface area contributed by atoms with Gasteiger partial charge in [0, 0.05) is 6.07 Å². The number of hydrogen-bond acceptors (Lipinski definition) is 3. The van der Waals surface area contributed by atoms with Crippen molar-refractivity contribution in [3.05, 3.63) is 18.2 Å². The van der Waals surface area contributed by atoms with E-state index >= 15 is 0 Å². The first-order chi connectivity index (χ1) is 6.18. The molecule has 0 radical (unpaired) electrons. The van der Waals surface area contributed by atoms with Crippen molar-refractivity contribution in [2.24, 2.45) is 5.92 Å². The smallest absolute Gasteiger partial charge is 0.215 e. The van der Waals surface area contributed by atoms with Gasteiger partial charge in [0.05, 0.1) is 6.61 Å². The molecule has 1 aromatic heterocycles. The quantitative estimate of drug-likeness (QED) is 0.771. The molecule has 0 spiro atoms. The Morgan fingerprint density at radius 1 is 1.46 bits per heavy atom. The van der Waals surface area contributed by atoms with Crippen molar-refractivity contribution in [1.29, 1.82) is 0 Å². The lowest BCUT2D eigenvalue weighted by Crippen LogP contribution is -2.03. The van der Waals surface area contributed by atoms with Gasteiger partial charge in [0.1, 0.15) is 5.82 Å². The van der Waals surface area contributed by atoms with E-state index in [1.807, 2.05) is 12.1 Å². The lowest BCUT2D eigenvalue weighted by atomic mass is 10.1. The first kappa shape index (κ1) is 9.84. The molecule has 2 N–H and O–H groups in total. The molecule has 13 heavy (non-hydrogen) atoms. The summed E-state index contributed by atoms with van der Waals surface area (Å²) in [5.74, 6) is 1.77. The number of nitrogen functional groups attached to an aromatic ring is 1. The molecule has 0 bridgehead atoms. The highest BCUT2D eigenvalue weighted by Crippen LogP contribution is 2.09. The number of nitrogens with zero attached hydrogens (tertiary/aromatic N) is 1. The first-order valence-corrected chi connectivity index (χ1v) is 4.54. The molecule has 1 rings (SSSR count). The molecule has 0 atom stereocenters. The highest BCUT2D eigenvalue weighted by atomic mass is 16.5. The molecule has 0 fully saturated rings. The topological polar surface area (TPSA) is 48.1 Å². The molecule has 0 amide bonds. The van der Waals surface area contributed by atoms with Crippen LogP contribution in [0.5, 0.6) is 5.88 Å². The number of nitrogens with two attached hydrogens (primary N) is 1. The second kappa shape index (κ2) is 4.70. The van der Waals surface area contributed by atoms with Crippen LogP contribution in [0.1, 0.15) is 20.3 Å². The van der Waals surface area contributed by atoms with Gasteiger partial charge in [-0.15, -0.1) is 0 Å². The Balaban J connectivity index is 2.37.